The van der Waals surface area contributed by atoms with Crippen molar-refractivity contribution in [3.63, 3.8) is 0 Å². The van der Waals surface area contributed by atoms with Gasteiger partial charge in [0.25, 0.3) is 15.9 Å². The van der Waals surface area contributed by atoms with Crippen molar-refractivity contribution in [3.8, 4) is 5.75 Å². The summed E-state index contributed by atoms with van der Waals surface area (Å²) in [4.78, 5) is 29.1. The molecule has 3 rings (SSSR count). The van der Waals surface area contributed by atoms with Crippen LogP contribution in [0.15, 0.2) is 52.4 Å². The number of amidine groups is 1. The smallest absolute Gasteiger partial charge is 0.331 e. The van der Waals surface area contributed by atoms with E-state index in [0.717, 1.165) is 0 Å². The van der Waals surface area contributed by atoms with E-state index in [-0.39, 0.29) is 10.7 Å². The number of fused-ring (bicyclic) bond motifs is 1. The maximum Gasteiger partial charge on any atom is 0.331 e. The van der Waals surface area contributed by atoms with Gasteiger partial charge in [-0.05, 0) is 44.2 Å². The maximum absolute atomic E-state index is 12.4. The number of esters is 1. The second-order valence-electron chi connectivity index (χ2n) is 6.67. The van der Waals surface area contributed by atoms with Crippen LogP contribution in [0.4, 0.5) is 5.69 Å². The number of methoxy groups -OCH3 is 1. The fraction of sp³-hybridized carbons (Fsp3) is 0.250. The minimum atomic E-state index is -3.73. The van der Waals surface area contributed by atoms with Gasteiger partial charge in [-0.15, -0.1) is 0 Å². The highest BCUT2D eigenvalue weighted by Gasteiger charge is 2.31. The van der Waals surface area contributed by atoms with E-state index >= 15 is 0 Å². The van der Waals surface area contributed by atoms with Gasteiger partial charge in [0.1, 0.15) is 17.6 Å². The molecule has 2 N–H and O–H groups in total. The van der Waals surface area contributed by atoms with Crippen molar-refractivity contribution in [1.82, 2.24) is 4.72 Å². The van der Waals surface area contributed by atoms with Gasteiger partial charge in [0.05, 0.1) is 17.7 Å². The zero-order chi connectivity index (χ0) is 22.8. The first-order chi connectivity index (χ1) is 14.6. The first-order valence-electron chi connectivity index (χ1n) is 9.17. The second kappa shape index (κ2) is 8.94. The van der Waals surface area contributed by atoms with Crippen molar-refractivity contribution >= 4 is 45.0 Å². The van der Waals surface area contributed by atoms with Crippen molar-refractivity contribution < 1.29 is 27.5 Å². The van der Waals surface area contributed by atoms with Gasteiger partial charge in [-0.3, -0.25) is 14.5 Å². The first kappa shape index (κ1) is 22.6. The summed E-state index contributed by atoms with van der Waals surface area (Å²) in [7, 11) is -2.28. The van der Waals surface area contributed by atoms with Crippen LogP contribution >= 0.6 is 11.6 Å². The molecule has 1 aliphatic heterocycles. The molecule has 9 nitrogen and oxygen atoms in total. The lowest BCUT2D eigenvalue weighted by molar-refractivity contribution is -0.153. The maximum atomic E-state index is 12.4. The molecule has 2 aromatic rings. The third-order valence-electron chi connectivity index (χ3n) is 4.41. The van der Waals surface area contributed by atoms with Crippen LogP contribution < -0.4 is 14.8 Å². The van der Waals surface area contributed by atoms with E-state index in [9.17, 15) is 18.0 Å². The molecule has 0 saturated carbocycles. The molecule has 0 aromatic heterocycles. The Labute approximate surface area is 184 Å². The fourth-order valence-electron chi connectivity index (χ4n) is 2.81. The Hall–Kier alpha value is -3.11. The van der Waals surface area contributed by atoms with Crippen molar-refractivity contribution in [3.05, 3.63) is 53.1 Å². The minimum absolute atomic E-state index is 0.0424. The summed E-state index contributed by atoms with van der Waals surface area (Å²) < 4.78 is 37.0. The molecule has 0 fully saturated rings. The Morgan fingerprint density at radius 3 is 2.58 bits per heavy atom. The molecule has 2 atom stereocenters. The highest BCUT2D eigenvalue weighted by Crippen LogP contribution is 2.28. The number of amides is 1. The summed E-state index contributed by atoms with van der Waals surface area (Å²) in [5, 5.41) is 2.98. The number of carbonyl (C=O) groups is 2. The van der Waals surface area contributed by atoms with Gasteiger partial charge in [0, 0.05) is 10.6 Å². The topological polar surface area (TPSA) is 123 Å². The molecule has 0 radical (unpaired) electrons. The Balaban J connectivity index is 1.68. The highest BCUT2D eigenvalue weighted by molar-refractivity contribution is 7.90. The average Bonchev–Trinajstić information content (AvgIpc) is 2.98. The lowest BCUT2D eigenvalue weighted by Crippen LogP contribution is -2.34. The van der Waals surface area contributed by atoms with Crippen LogP contribution in [0.2, 0.25) is 5.02 Å². The largest absolute Gasteiger partial charge is 0.495 e. The molecule has 11 heteroatoms. The lowest BCUT2D eigenvalue weighted by atomic mass is 10.2. The molecule has 0 bridgehead atoms. The Bertz CT molecular complexity index is 1170. The van der Waals surface area contributed by atoms with Crippen LogP contribution in [0.3, 0.4) is 0 Å². The Kier molecular flexibility index (Phi) is 6.51. The standard InChI is InChI=1S/C20H20ClN3O6S/c1-11(22-18-14-6-4-5-7-17(14)31(27,28)24-18)20(26)30-12(2)19(25)23-15-10-13(21)8-9-16(15)29-3/h4-12H,1-3H3,(H,22,24)(H,23,25)/t11-,12?/m0/s1. The number of anilines is 1. The summed E-state index contributed by atoms with van der Waals surface area (Å²) in [5.74, 6) is -0.957. The molecule has 0 spiro atoms. The third kappa shape index (κ3) is 4.97. The van der Waals surface area contributed by atoms with Crippen LogP contribution in [0.5, 0.6) is 5.75 Å². The number of benzene rings is 2. The summed E-state index contributed by atoms with van der Waals surface area (Å²) >= 11 is 5.94. The number of ether oxygens (including phenoxy) is 2. The number of nitrogens with zero attached hydrogens (tertiary/aromatic N) is 1. The number of halogens is 1. The van der Waals surface area contributed by atoms with E-state index in [1.807, 2.05) is 0 Å². The molecule has 1 heterocycles. The summed E-state index contributed by atoms with van der Waals surface area (Å²) in [6.07, 6.45) is -1.15. The molecule has 2 aromatic carbocycles. The molecule has 1 unspecified atom stereocenters. The van der Waals surface area contributed by atoms with Crippen molar-refractivity contribution in [2.45, 2.75) is 30.9 Å². The number of hydrogen-bond acceptors (Lipinski definition) is 7. The fourth-order valence-corrected chi connectivity index (χ4v) is 4.23. The van der Waals surface area contributed by atoms with E-state index in [2.05, 4.69) is 15.0 Å². The first-order valence-corrected chi connectivity index (χ1v) is 11.0. The monoisotopic (exact) mass is 465 g/mol. The molecule has 1 aliphatic rings. The predicted octanol–water partition coefficient (Wildman–Crippen LogP) is 2.35. The summed E-state index contributed by atoms with van der Waals surface area (Å²) in [6, 6.07) is 9.93. The lowest BCUT2D eigenvalue weighted by Gasteiger charge is -2.16. The zero-order valence-corrected chi connectivity index (χ0v) is 18.5. The van der Waals surface area contributed by atoms with Gasteiger partial charge in [-0.25, -0.2) is 13.2 Å². The molecule has 164 valence electrons. The van der Waals surface area contributed by atoms with Crippen LogP contribution in [0.1, 0.15) is 19.4 Å². The van der Waals surface area contributed by atoms with E-state index in [0.29, 0.717) is 22.0 Å². The van der Waals surface area contributed by atoms with Crippen molar-refractivity contribution in [2.75, 3.05) is 12.4 Å². The number of rotatable bonds is 6. The van der Waals surface area contributed by atoms with E-state index in [1.165, 1.54) is 33.1 Å². The quantitative estimate of drug-likeness (QED) is 0.631. The van der Waals surface area contributed by atoms with Crippen molar-refractivity contribution in [1.29, 1.82) is 0 Å². The van der Waals surface area contributed by atoms with Crippen LogP contribution in [-0.4, -0.2) is 45.4 Å². The van der Waals surface area contributed by atoms with Gasteiger partial charge in [-0.2, -0.15) is 0 Å². The van der Waals surface area contributed by atoms with Crippen molar-refractivity contribution in [2.24, 2.45) is 4.99 Å². The normalized spacial score (nSPS) is 17.2. The summed E-state index contributed by atoms with van der Waals surface area (Å²) in [6.45, 7) is 2.84. The van der Waals surface area contributed by atoms with E-state index in [4.69, 9.17) is 21.1 Å². The van der Waals surface area contributed by atoms with Gasteiger partial charge in [0.15, 0.2) is 6.10 Å². The molecule has 1 amide bonds. The zero-order valence-electron chi connectivity index (χ0n) is 16.9. The predicted molar refractivity (Wildman–Crippen MR) is 115 cm³/mol. The SMILES string of the molecule is COc1ccc(Cl)cc1NC(=O)C(C)OC(=O)[C@H](C)N=C1NS(=O)(=O)c2ccccc21. The van der Waals surface area contributed by atoms with Gasteiger partial charge < -0.3 is 14.8 Å². The van der Waals surface area contributed by atoms with Crippen LogP contribution in [0, 0.1) is 0 Å². The van der Waals surface area contributed by atoms with Crippen LogP contribution in [0.25, 0.3) is 0 Å². The molecule has 31 heavy (non-hydrogen) atoms. The highest BCUT2D eigenvalue weighted by atomic mass is 35.5. The number of hydrogen-bond donors (Lipinski definition) is 2. The number of aliphatic imine (C=N–C) groups is 1. The van der Waals surface area contributed by atoms with E-state index < -0.39 is 34.0 Å². The van der Waals surface area contributed by atoms with Crippen LogP contribution in [-0.2, 0) is 24.3 Å². The second-order valence-corrected chi connectivity index (χ2v) is 8.76. The minimum Gasteiger partial charge on any atom is -0.495 e. The molecular weight excluding hydrogens is 446 g/mol. The van der Waals surface area contributed by atoms with E-state index in [1.54, 1.807) is 30.3 Å². The Morgan fingerprint density at radius 2 is 1.87 bits per heavy atom. The van der Waals surface area contributed by atoms with Gasteiger partial charge in [-0.1, -0.05) is 23.7 Å². The van der Waals surface area contributed by atoms with Gasteiger partial charge in [0.2, 0.25) is 0 Å². The number of sulfonamides is 1. The molecular formula is C20H20ClN3O6S. The number of carbonyl (C=O) groups excluding carboxylic acids is 2. The number of nitrogens with one attached hydrogen (secondary N) is 2. The molecule has 0 aliphatic carbocycles. The Morgan fingerprint density at radius 1 is 1.16 bits per heavy atom. The van der Waals surface area contributed by atoms with Gasteiger partial charge >= 0.3 is 5.97 Å². The average molecular weight is 466 g/mol. The molecule has 0 saturated heterocycles. The third-order valence-corrected chi connectivity index (χ3v) is 6.04. The summed E-state index contributed by atoms with van der Waals surface area (Å²) in [5.41, 5.74) is 0.689.